The van der Waals surface area contributed by atoms with Crippen molar-refractivity contribution in [3.63, 3.8) is 0 Å². The lowest BCUT2D eigenvalue weighted by Crippen LogP contribution is -2.21. The Morgan fingerprint density at radius 1 is 1.17 bits per heavy atom. The molecule has 0 atom stereocenters. The summed E-state index contributed by atoms with van der Waals surface area (Å²) in [5.74, 6) is 0.742. The number of hydrogen-bond acceptors (Lipinski definition) is 8. The van der Waals surface area contributed by atoms with E-state index >= 15 is 0 Å². The molecule has 0 spiro atoms. The van der Waals surface area contributed by atoms with E-state index in [1.165, 1.54) is 10.4 Å². The van der Waals surface area contributed by atoms with E-state index in [9.17, 15) is 0 Å². The molecule has 0 saturated heterocycles. The lowest BCUT2D eigenvalue weighted by molar-refractivity contribution is 0.860. The third kappa shape index (κ3) is 3.25. The van der Waals surface area contributed by atoms with Gasteiger partial charge >= 0.3 is 0 Å². The molecule has 0 unspecified atom stereocenters. The van der Waals surface area contributed by atoms with Crippen LogP contribution in [0.2, 0.25) is 0 Å². The molecule has 24 heavy (non-hydrogen) atoms. The molecule has 0 bridgehead atoms. The van der Waals surface area contributed by atoms with Crippen molar-refractivity contribution >= 4 is 50.1 Å². The molecule has 0 aromatic carbocycles. The summed E-state index contributed by atoms with van der Waals surface area (Å²) in [5.41, 5.74) is 4.25. The normalized spacial score (nSPS) is 11.5. The first kappa shape index (κ1) is 16.8. The van der Waals surface area contributed by atoms with Crippen LogP contribution in [-0.4, -0.2) is 34.3 Å². The second-order valence-corrected chi connectivity index (χ2v) is 7.52. The predicted octanol–water partition coefficient (Wildman–Crippen LogP) is 4.06. The summed E-state index contributed by atoms with van der Waals surface area (Å²) < 4.78 is 0. The van der Waals surface area contributed by atoms with Crippen LogP contribution in [0.3, 0.4) is 0 Å². The number of nitrogens with one attached hydrogen (secondary N) is 1. The van der Waals surface area contributed by atoms with E-state index in [4.69, 9.17) is 0 Å². The molecule has 126 valence electrons. The zero-order valence-electron chi connectivity index (χ0n) is 14.2. The highest BCUT2D eigenvalue weighted by Crippen LogP contribution is 2.32. The van der Waals surface area contributed by atoms with Gasteiger partial charge < -0.3 is 4.90 Å². The molecule has 0 radical (unpaired) electrons. The van der Waals surface area contributed by atoms with E-state index in [0.29, 0.717) is 0 Å². The molecule has 0 amide bonds. The lowest BCUT2D eigenvalue weighted by Gasteiger charge is -2.16. The van der Waals surface area contributed by atoms with Gasteiger partial charge in [-0.05, 0) is 33.3 Å². The van der Waals surface area contributed by atoms with Crippen LogP contribution in [0.25, 0.3) is 10.2 Å². The number of nitrogens with zero attached hydrogens (tertiary/aromatic N) is 5. The smallest absolute Gasteiger partial charge is 0.185 e. The molecule has 8 heteroatoms. The van der Waals surface area contributed by atoms with Crippen molar-refractivity contribution in [2.75, 3.05) is 23.4 Å². The summed E-state index contributed by atoms with van der Waals surface area (Å²) in [6.07, 6.45) is 5.20. The largest absolute Gasteiger partial charge is 0.349 e. The maximum Gasteiger partial charge on any atom is 0.185 e. The van der Waals surface area contributed by atoms with Gasteiger partial charge in [0.25, 0.3) is 0 Å². The maximum atomic E-state index is 4.45. The van der Waals surface area contributed by atoms with Crippen molar-refractivity contribution in [2.24, 2.45) is 5.10 Å². The van der Waals surface area contributed by atoms with E-state index in [-0.39, 0.29) is 0 Å². The second-order valence-electron chi connectivity index (χ2n) is 5.27. The van der Waals surface area contributed by atoms with E-state index in [1.807, 2.05) is 6.20 Å². The van der Waals surface area contributed by atoms with Crippen molar-refractivity contribution in [1.29, 1.82) is 0 Å². The third-order valence-corrected chi connectivity index (χ3v) is 5.98. The van der Waals surface area contributed by atoms with Crippen LogP contribution in [0.5, 0.6) is 0 Å². The minimum absolute atomic E-state index is 0.742. The first-order chi connectivity index (χ1) is 11.6. The lowest BCUT2D eigenvalue weighted by atomic mass is 10.2. The summed E-state index contributed by atoms with van der Waals surface area (Å²) in [6.45, 7) is 10.4. The fourth-order valence-electron chi connectivity index (χ4n) is 2.40. The van der Waals surface area contributed by atoms with Gasteiger partial charge in [-0.2, -0.15) is 5.10 Å². The van der Waals surface area contributed by atoms with Crippen molar-refractivity contribution < 1.29 is 0 Å². The summed E-state index contributed by atoms with van der Waals surface area (Å²) in [5, 5.41) is 6.40. The Kier molecular flexibility index (Phi) is 5.06. The minimum Gasteiger partial charge on any atom is -0.349 e. The molecule has 1 N–H and O–H groups in total. The van der Waals surface area contributed by atoms with Crippen molar-refractivity contribution in [1.82, 2.24) is 15.0 Å². The predicted molar refractivity (Wildman–Crippen MR) is 104 cm³/mol. The number of hydrogen-bond donors (Lipinski definition) is 1. The van der Waals surface area contributed by atoms with Gasteiger partial charge in [-0.1, -0.05) is 11.3 Å². The maximum absolute atomic E-state index is 4.45. The van der Waals surface area contributed by atoms with Crippen LogP contribution in [0, 0.1) is 13.8 Å². The number of thiophene rings is 1. The monoisotopic (exact) mass is 360 g/mol. The highest BCUT2D eigenvalue weighted by molar-refractivity contribution is 7.18. The molecular weight excluding hydrogens is 340 g/mol. The van der Waals surface area contributed by atoms with Gasteiger partial charge in [0.15, 0.2) is 10.9 Å². The van der Waals surface area contributed by atoms with Gasteiger partial charge in [0, 0.05) is 24.2 Å². The summed E-state index contributed by atoms with van der Waals surface area (Å²) >= 11 is 3.31. The van der Waals surface area contributed by atoms with Crippen LogP contribution in [0.4, 0.5) is 10.9 Å². The fourth-order valence-corrected chi connectivity index (χ4v) is 4.31. The van der Waals surface area contributed by atoms with E-state index in [1.54, 1.807) is 35.2 Å². The van der Waals surface area contributed by atoms with Crippen LogP contribution < -0.4 is 10.3 Å². The molecule has 6 nitrogen and oxygen atoms in total. The number of hydrazone groups is 1. The van der Waals surface area contributed by atoms with E-state index in [0.717, 1.165) is 39.1 Å². The number of thiazole rings is 1. The Labute approximate surface area is 149 Å². The number of fused-ring (bicyclic) bond motifs is 1. The molecule has 0 aliphatic rings. The highest BCUT2D eigenvalue weighted by Gasteiger charge is 2.11. The molecule has 0 saturated carbocycles. The molecule has 3 aromatic rings. The summed E-state index contributed by atoms with van der Waals surface area (Å²) in [6, 6.07) is 0. The molecule has 3 rings (SSSR count). The topological polar surface area (TPSA) is 66.3 Å². The fraction of sp³-hybridized carbons (Fsp3) is 0.375. The van der Waals surface area contributed by atoms with Gasteiger partial charge in [-0.25, -0.2) is 15.0 Å². The second kappa shape index (κ2) is 7.23. The van der Waals surface area contributed by atoms with Crippen LogP contribution in [0.15, 0.2) is 17.6 Å². The first-order valence-electron chi connectivity index (χ1n) is 7.84. The van der Waals surface area contributed by atoms with Crippen LogP contribution in [0.1, 0.15) is 29.2 Å². The van der Waals surface area contributed by atoms with Gasteiger partial charge in [-0.15, -0.1) is 11.3 Å². The molecule has 0 aliphatic carbocycles. The molecular formula is C16H20N6S2. The summed E-state index contributed by atoms with van der Waals surface area (Å²) in [7, 11) is 0. The van der Waals surface area contributed by atoms with Gasteiger partial charge in [0.1, 0.15) is 11.2 Å². The SMILES string of the molecule is CCN(CC)c1ncc(/C=N\Nc2ncnc3sc(C)c(C)c23)s1. The standard InChI is InChI=1S/C16H20N6S2/c1-5-22(6-2)16-17-7-12(24-16)8-20-21-14-13-10(3)11(4)23-15(13)19-9-18-14/h7-9H,5-6H2,1-4H3,(H,18,19,21)/b20-8-. The van der Waals surface area contributed by atoms with Gasteiger partial charge in [0.05, 0.1) is 16.5 Å². The van der Waals surface area contributed by atoms with E-state index in [2.05, 4.69) is 58.1 Å². The first-order valence-corrected chi connectivity index (χ1v) is 9.47. The van der Waals surface area contributed by atoms with Crippen molar-refractivity contribution in [3.05, 3.63) is 27.8 Å². The van der Waals surface area contributed by atoms with Gasteiger partial charge in [0.2, 0.25) is 0 Å². The molecule has 0 fully saturated rings. The quantitative estimate of drug-likeness (QED) is 0.530. The van der Waals surface area contributed by atoms with Crippen LogP contribution in [-0.2, 0) is 0 Å². The van der Waals surface area contributed by atoms with Gasteiger partial charge in [-0.3, -0.25) is 5.43 Å². The average Bonchev–Trinajstić information content (AvgIpc) is 3.15. The number of rotatable bonds is 6. The van der Waals surface area contributed by atoms with Crippen LogP contribution >= 0.6 is 22.7 Å². The zero-order chi connectivity index (χ0) is 17.1. The van der Waals surface area contributed by atoms with Crippen molar-refractivity contribution in [3.8, 4) is 0 Å². The Morgan fingerprint density at radius 3 is 2.71 bits per heavy atom. The highest BCUT2D eigenvalue weighted by atomic mass is 32.1. The van der Waals surface area contributed by atoms with E-state index < -0.39 is 0 Å². The van der Waals surface area contributed by atoms with Crippen molar-refractivity contribution in [2.45, 2.75) is 27.7 Å². The molecule has 0 aliphatic heterocycles. The Bertz CT molecular complexity index is 863. The Balaban J connectivity index is 1.78. The Hall–Kier alpha value is -2.06. The molecule has 3 heterocycles. The number of aromatic nitrogens is 3. The number of anilines is 2. The average molecular weight is 361 g/mol. The minimum atomic E-state index is 0.742. The third-order valence-electron chi connectivity index (χ3n) is 3.87. The zero-order valence-corrected chi connectivity index (χ0v) is 15.8. The summed E-state index contributed by atoms with van der Waals surface area (Å²) in [4.78, 5) is 18.6. The number of aryl methyl sites for hydroxylation is 2. The molecule has 3 aromatic heterocycles. The Morgan fingerprint density at radius 2 is 1.96 bits per heavy atom.